The van der Waals surface area contributed by atoms with Crippen molar-refractivity contribution in [2.24, 2.45) is 11.7 Å². The van der Waals surface area contributed by atoms with Crippen LogP contribution >= 0.6 is 12.4 Å². The first-order valence-electron chi connectivity index (χ1n) is 5.06. The number of likely N-dealkylation sites (N-methyl/N-ethyl adjacent to an activating group) is 1. The molecule has 0 bridgehead atoms. The summed E-state index contributed by atoms with van der Waals surface area (Å²) in [5.74, 6) is 0.762. The van der Waals surface area contributed by atoms with Crippen LogP contribution in [0, 0.1) is 5.92 Å². The van der Waals surface area contributed by atoms with E-state index in [-0.39, 0.29) is 12.4 Å². The maximum atomic E-state index is 5.82. The Bertz CT molecular complexity index is 270. The second-order valence-electron chi connectivity index (χ2n) is 4.23. The molecule has 80 valence electrons. The first-order chi connectivity index (χ1) is 6.18. The maximum Gasteiger partial charge on any atom is 0.0282 e. The van der Waals surface area contributed by atoms with E-state index in [0.29, 0.717) is 6.04 Å². The van der Waals surface area contributed by atoms with E-state index in [9.17, 15) is 0 Å². The highest BCUT2D eigenvalue weighted by atomic mass is 35.5. The SMILES string of the molecule is CC1C2=CC(N)=CCC2CCN1C.Cl. The molecular weight excluding hydrogens is 196 g/mol. The molecule has 14 heavy (non-hydrogen) atoms. The minimum atomic E-state index is 0. The Kier molecular flexibility index (Phi) is 3.62. The van der Waals surface area contributed by atoms with Crippen molar-refractivity contribution >= 4 is 12.4 Å². The van der Waals surface area contributed by atoms with Crippen molar-refractivity contribution in [3.63, 3.8) is 0 Å². The summed E-state index contributed by atoms with van der Waals surface area (Å²) in [6.45, 7) is 3.49. The molecule has 3 heteroatoms. The van der Waals surface area contributed by atoms with Crippen molar-refractivity contribution in [1.29, 1.82) is 0 Å². The Morgan fingerprint density at radius 2 is 2.21 bits per heavy atom. The molecule has 2 unspecified atom stereocenters. The van der Waals surface area contributed by atoms with Gasteiger partial charge in [-0.3, -0.25) is 4.90 Å². The first kappa shape index (κ1) is 11.6. The fourth-order valence-corrected chi connectivity index (χ4v) is 2.34. The first-order valence-corrected chi connectivity index (χ1v) is 5.06. The molecule has 0 aromatic heterocycles. The van der Waals surface area contributed by atoms with Crippen LogP contribution in [0.1, 0.15) is 19.8 Å². The van der Waals surface area contributed by atoms with Crippen LogP contribution in [0.2, 0.25) is 0 Å². The summed E-state index contributed by atoms with van der Waals surface area (Å²) in [5, 5.41) is 0. The van der Waals surface area contributed by atoms with Crippen LogP contribution in [-0.2, 0) is 0 Å². The summed E-state index contributed by atoms with van der Waals surface area (Å²) in [6.07, 6.45) is 6.77. The van der Waals surface area contributed by atoms with Crippen LogP contribution in [-0.4, -0.2) is 24.5 Å². The van der Waals surface area contributed by atoms with Gasteiger partial charge in [0.05, 0.1) is 0 Å². The number of halogens is 1. The average Bonchev–Trinajstić information content (AvgIpc) is 2.12. The lowest BCUT2D eigenvalue weighted by Gasteiger charge is -2.39. The van der Waals surface area contributed by atoms with E-state index in [1.165, 1.54) is 18.5 Å². The van der Waals surface area contributed by atoms with Crippen LogP contribution < -0.4 is 5.73 Å². The number of hydrogen-bond acceptors (Lipinski definition) is 2. The van der Waals surface area contributed by atoms with Gasteiger partial charge in [0, 0.05) is 11.7 Å². The van der Waals surface area contributed by atoms with Gasteiger partial charge in [0.25, 0.3) is 0 Å². The molecule has 0 aromatic rings. The van der Waals surface area contributed by atoms with E-state index in [4.69, 9.17) is 5.73 Å². The zero-order valence-electron chi connectivity index (χ0n) is 8.86. The number of likely N-dealkylation sites (tertiary alicyclic amines) is 1. The highest BCUT2D eigenvalue weighted by Gasteiger charge is 2.28. The lowest BCUT2D eigenvalue weighted by atomic mass is 9.81. The van der Waals surface area contributed by atoms with Crippen molar-refractivity contribution in [3.8, 4) is 0 Å². The molecule has 2 rings (SSSR count). The Morgan fingerprint density at radius 3 is 2.93 bits per heavy atom. The second-order valence-corrected chi connectivity index (χ2v) is 4.23. The van der Waals surface area contributed by atoms with Crippen molar-refractivity contribution in [2.75, 3.05) is 13.6 Å². The number of nitrogens with two attached hydrogens (primary N) is 1. The van der Waals surface area contributed by atoms with Gasteiger partial charge in [-0.25, -0.2) is 0 Å². The van der Waals surface area contributed by atoms with E-state index in [0.717, 1.165) is 18.0 Å². The average molecular weight is 215 g/mol. The molecular formula is C11H19ClN2. The fourth-order valence-electron chi connectivity index (χ4n) is 2.34. The van der Waals surface area contributed by atoms with E-state index in [1.807, 2.05) is 0 Å². The summed E-state index contributed by atoms with van der Waals surface area (Å²) in [6, 6.07) is 0.575. The summed E-state index contributed by atoms with van der Waals surface area (Å²) in [7, 11) is 2.19. The fraction of sp³-hybridized carbons (Fsp3) is 0.636. The molecule has 1 fully saturated rings. The summed E-state index contributed by atoms with van der Waals surface area (Å²) >= 11 is 0. The van der Waals surface area contributed by atoms with Crippen LogP contribution in [0.5, 0.6) is 0 Å². The van der Waals surface area contributed by atoms with E-state index in [2.05, 4.69) is 31.0 Å². The Balaban J connectivity index is 0.000000980. The summed E-state index contributed by atoms with van der Waals surface area (Å²) in [5.41, 5.74) is 8.30. The third kappa shape index (κ3) is 1.96. The lowest BCUT2D eigenvalue weighted by Crippen LogP contribution is -2.40. The molecule has 1 heterocycles. The maximum absolute atomic E-state index is 5.82. The minimum absolute atomic E-state index is 0. The number of nitrogens with zero attached hydrogens (tertiary/aromatic N) is 1. The number of rotatable bonds is 0. The third-order valence-electron chi connectivity index (χ3n) is 3.42. The van der Waals surface area contributed by atoms with Gasteiger partial charge in [-0.1, -0.05) is 6.08 Å². The van der Waals surface area contributed by atoms with Gasteiger partial charge in [0.15, 0.2) is 0 Å². The third-order valence-corrected chi connectivity index (χ3v) is 3.42. The monoisotopic (exact) mass is 214 g/mol. The van der Waals surface area contributed by atoms with Crippen molar-refractivity contribution in [1.82, 2.24) is 4.90 Å². The smallest absolute Gasteiger partial charge is 0.0282 e. The van der Waals surface area contributed by atoms with Crippen LogP contribution in [0.4, 0.5) is 0 Å². The Labute approximate surface area is 92.3 Å². The van der Waals surface area contributed by atoms with Crippen molar-refractivity contribution in [3.05, 3.63) is 23.4 Å². The zero-order valence-corrected chi connectivity index (χ0v) is 9.68. The van der Waals surface area contributed by atoms with Crippen molar-refractivity contribution < 1.29 is 0 Å². The number of piperidine rings is 1. The molecule has 0 aromatic carbocycles. The van der Waals surface area contributed by atoms with E-state index < -0.39 is 0 Å². The van der Waals surface area contributed by atoms with Crippen molar-refractivity contribution in [2.45, 2.75) is 25.8 Å². The molecule has 1 aliphatic heterocycles. The number of allylic oxidation sites excluding steroid dienone is 2. The molecule has 1 aliphatic carbocycles. The molecule has 0 spiro atoms. The van der Waals surface area contributed by atoms with Gasteiger partial charge in [-0.15, -0.1) is 12.4 Å². The highest BCUT2D eigenvalue weighted by molar-refractivity contribution is 5.85. The molecule has 0 saturated carbocycles. The zero-order chi connectivity index (χ0) is 9.42. The summed E-state index contributed by atoms with van der Waals surface area (Å²) in [4.78, 5) is 2.40. The van der Waals surface area contributed by atoms with Gasteiger partial charge < -0.3 is 5.73 Å². The normalized spacial score (nSPS) is 32.4. The van der Waals surface area contributed by atoms with Gasteiger partial charge in [0.2, 0.25) is 0 Å². The predicted molar refractivity (Wildman–Crippen MR) is 62.4 cm³/mol. The standard InChI is InChI=1S/C11H18N2.ClH/c1-8-11-7-10(12)4-3-9(11)5-6-13(8)2;/h4,7-9H,3,5-6,12H2,1-2H3;1H. The molecule has 1 saturated heterocycles. The van der Waals surface area contributed by atoms with Crippen LogP contribution in [0.25, 0.3) is 0 Å². The Morgan fingerprint density at radius 1 is 1.50 bits per heavy atom. The number of fused-ring (bicyclic) bond motifs is 1. The number of hydrogen-bond donors (Lipinski definition) is 1. The van der Waals surface area contributed by atoms with E-state index in [1.54, 1.807) is 0 Å². The molecule has 0 amide bonds. The van der Waals surface area contributed by atoms with Crippen LogP contribution in [0.15, 0.2) is 23.4 Å². The van der Waals surface area contributed by atoms with Crippen LogP contribution in [0.3, 0.4) is 0 Å². The quantitative estimate of drug-likeness (QED) is 0.668. The largest absolute Gasteiger partial charge is 0.399 e. The van der Waals surface area contributed by atoms with Gasteiger partial charge in [-0.05, 0) is 50.9 Å². The molecule has 2 aliphatic rings. The predicted octanol–water partition coefficient (Wildman–Crippen LogP) is 1.92. The topological polar surface area (TPSA) is 29.3 Å². The Hall–Kier alpha value is -0.470. The molecule has 2 N–H and O–H groups in total. The highest BCUT2D eigenvalue weighted by Crippen LogP contribution is 2.33. The summed E-state index contributed by atoms with van der Waals surface area (Å²) < 4.78 is 0. The van der Waals surface area contributed by atoms with Gasteiger partial charge >= 0.3 is 0 Å². The van der Waals surface area contributed by atoms with Gasteiger partial charge in [-0.2, -0.15) is 0 Å². The second kappa shape index (κ2) is 4.37. The molecule has 2 nitrogen and oxygen atoms in total. The van der Waals surface area contributed by atoms with Gasteiger partial charge in [0.1, 0.15) is 0 Å². The minimum Gasteiger partial charge on any atom is -0.399 e. The lowest BCUT2D eigenvalue weighted by molar-refractivity contribution is 0.213. The molecule has 0 radical (unpaired) electrons. The van der Waals surface area contributed by atoms with E-state index >= 15 is 0 Å². The molecule has 2 atom stereocenters.